The van der Waals surface area contributed by atoms with Gasteiger partial charge in [-0.25, -0.2) is 0 Å². The van der Waals surface area contributed by atoms with Crippen LogP contribution in [0.3, 0.4) is 0 Å². The third-order valence-corrected chi connectivity index (χ3v) is 3.55. The van der Waals surface area contributed by atoms with E-state index in [1.165, 1.54) is 23.1 Å². The zero-order valence-corrected chi connectivity index (χ0v) is 12.3. The highest BCUT2D eigenvalue weighted by atomic mass is 14.9. The summed E-state index contributed by atoms with van der Waals surface area (Å²) in [5, 5.41) is 3.51. The third kappa shape index (κ3) is 4.30. The molecule has 0 aromatic heterocycles. The van der Waals surface area contributed by atoms with E-state index in [1.54, 1.807) is 0 Å². The van der Waals surface area contributed by atoms with Gasteiger partial charge < -0.3 is 5.32 Å². The summed E-state index contributed by atoms with van der Waals surface area (Å²) in [6.45, 7) is 14.9. The normalized spacial score (nSPS) is 14.2. The summed E-state index contributed by atoms with van der Waals surface area (Å²) in [6, 6.07) is 6.70. The predicted octanol–water partition coefficient (Wildman–Crippen LogP) is 4.04. The SMILES string of the molecule is C=CC(C)(CNCCC)Cc1cc(C)ccc1C. The molecule has 0 spiro atoms. The van der Waals surface area contributed by atoms with Gasteiger partial charge in [0.15, 0.2) is 0 Å². The van der Waals surface area contributed by atoms with Crippen molar-refractivity contribution in [1.29, 1.82) is 0 Å². The van der Waals surface area contributed by atoms with Crippen molar-refractivity contribution >= 4 is 0 Å². The molecule has 1 unspecified atom stereocenters. The number of rotatable bonds is 7. The summed E-state index contributed by atoms with van der Waals surface area (Å²) in [6.07, 6.45) is 4.33. The molecular weight excluding hydrogens is 218 g/mol. The zero-order chi connectivity index (χ0) is 13.6. The smallest absolute Gasteiger partial charge is 0.00430 e. The van der Waals surface area contributed by atoms with Crippen molar-refractivity contribution in [2.24, 2.45) is 5.41 Å². The van der Waals surface area contributed by atoms with Crippen molar-refractivity contribution in [3.05, 3.63) is 47.5 Å². The highest BCUT2D eigenvalue weighted by Crippen LogP contribution is 2.25. The third-order valence-electron chi connectivity index (χ3n) is 3.55. The molecule has 1 atom stereocenters. The molecule has 0 bridgehead atoms. The largest absolute Gasteiger partial charge is 0.316 e. The van der Waals surface area contributed by atoms with Crippen LogP contribution in [0.15, 0.2) is 30.9 Å². The first-order chi connectivity index (χ1) is 8.50. The first-order valence-corrected chi connectivity index (χ1v) is 6.91. The molecule has 1 rings (SSSR count). The van der Waals surface area contributed by atoms with Gasteiger partial charge in [0.1, 0.15) is 0 Å². The Labute approximate surface area is 112 Å². The van der Waals surface area contributed by atoms with Crippen LogP contribution in [0.4, 0.5) is 0 Å². The lowest BCUT2D eigenvalue weighted by Crippen LogP contribution is -2.32. The molecule has 1 aromatic carbocycles. The molecule has 18 heavy (non-hydrogen) atoms. The Bertz CT molecular complexity index is 395. The molecule has 0 aliphatic heterocycles. The first kappa shape index (κ1) is 15.0. The van der Waals surface area contributed by atoms with Crippen LogP contribution in [0.5, 0.6) is 0 Å². The molecule has 0 aliphatic carbocycles. The Morgan fingerprint density at radius 3 is 2.67 bits per heavy atom. The van der Waals surface area contributed by atoms with Gasteiger partial charge >= 0.3 is 0 Å². The van der Waals surface area contributed by atoms with Crippen LogP contribution in [0.1, 0.15) is 37.0 Å². The topological polar surface area (TPSA) is 12.0 Å². The molecule has 0 saturated carbocycles. The molecule has 0 saturated heterocycles. The summed E-state index contributed by atoms with van der Waals surface area (Å²) < 4.78 is 0. The van der Waals surface area contributed by atoms with E-state index in [0.717, 1.165) is 19.5 Å². The van der Waals surface area contributed by atoms with E-state index in [0.29, 0.717) is 0 Å². The van der Waals surface area contributed by atoms with Crippen molar-refractivity contribution in [1.82, 2.24) is 5.32 Å². The van der Waals surface area contributed by atoms with Crippen LogP contribution in [0, 0.1) is 19.3 Å². The van der Waals surface area contributed by atoms with E-state index in [1.807, 2.05) is 0 Å². The van der Waals surface area contributed by atoms with E-state index in [4.69, 9.17) is 0 Å². The average Bonchev–Trinajstić information content (AvgIpc) is 2.34. The number of aryl methyl sites for hydroxylation is 2. The van der Waals surface area contributed by atoms with Crippen molar-refractivity contribution in [3.8, 4) is 0 Å². The van der Waals surface area contributed by atoms with E-state index in [-0.39, 0.29) is 5.41 Å². The van der Waals surface area contributed by atoms with Crippen molar-refractivity contribution in [2.45, 2.75) is 40.5 Å². The van der Waals surface area contributed by atoms with E-state index < -0.39 is 0 Å². The van der Waals surface area contributed by atoms with Crippen LogP contribution in [0.25, 0.3) is 0 Å². The second kappa shape index (κ2) is 6.75. The Morgan fingerprint density at radius 2 is 2.06 bits per heavy atom. The molecule has 0 amide bonds. The van der Waals surface area contributed by atoms with Gasteiger partial charge in [-0.2, -0.15) is 0 Å². The maximum absolute atomic E-state index is 4.02. The lowest BCUT2D eigenvalue weighted by Gasteiger charge is -2.27. The molecule has 0 radical (unpaired) electrons. The van der Waals surface area contributed by atoms with Gasteiger partial charge in [0.05, 0.1) is 0 Å². The standard InChI is InChI=1S/C17H27N/c1-6-10-18-13-17(5,7-2)12-16-11-14(3)8-9-15(16)4/h7-9,11,18H,2,6,10,12-13H2,1,3-5H3. The minimum absolute atomic E-state index is 0.133. The summed E-state index contributed by atoms with van der Waals surface area (Å²) in [5.74, 6) is 0. The fraction of sp³-hybridized carbons (Fsp3) is 0.529. The molecule has 1 aromatic rings. The van der Waals surface area contributed by atoms with Crippen LogP contribution in [0.2, 0.25) is 0 Å². The van der Waals surface area contributed by atoms with Gasteiger partial charge in [0.25, 0.3) is 0 Å². The summed E-state index contributed by atoms with van der Waals surface area (Å²) in [7, 11) is 0. The van der Waals surface area contributed by atoms with Crippen LogP contribution in [-0.2, 0) is 6.42 Å². The van der Waals surface area contributed by atoms with Crippen LogP contribution >= 0.6 is 0 Å². The van der Waals surface area contributed by atoms with E-state index in [2.05, 4.69) is 63.9 Å². The monoisotopic (exact) mass is 245 g/mol. The first-order valence-electron chi connectivity index (χ1n) is 6.91. The van der Waals surface area contributed by atoms with E-state index >= 15 is 0 Å². The van der Waals surface area contributed by atoms with Gasteiger partial charge in [-0.15, -0.1) is 6.58 Å². The second-order valence-electron chi connectivity index (χ2n) is 5.64. The number of nitrogens with one attached hydrogen (secondary N) is 1. The molecule has 100 valence electrons. The number of hydrogen-bond acceptors (Lipinski definition) is 1. The van der Waals surface area contributed by atoms with Crippen molar-refractivity contribution < 1.29 is 0 Å². The fourth-order valence-corrected chi connectivity index (χ4v) is 2.18. The summed E-state index contributed by atoms with van der Waals surface area (Å²) in [5.41, 5.74) is 4.29. The Morgan fingerprint density at radius 1 is 1.33 bits per heavy atom. The van der Waals surface area contributed by atoms with Crippen molar-refractivity contribution in [3.63, 3.8) is 0 Å². The Balaban J connectivity index is 2.77. The van der Waals surface area contributed by atoms with Gasteiger partial charge in [0.2, 0.25) is 0 Å². The highest BCUT2D eigenvalue weighted by molar-refractivity contribution is 5.32. The quantitative estimate of drug-likeness (QED) is 0.565. The maximum atomic E-state index is 4.02. The maximum Gasteiger partial charge on any atom is 0.00430 e. The fourth-order valence-electron chi connectivity index (χ4n) is 2.18. The van der Waals surface area contributed by atoms with Crippen LogP contribution in [-0.4, -0.2) is 13.1 Å². The molecular formula is C17H27N. The van der Waals surface area contributed by atoms with Gasteiger partial charge in [-0.1, -0.05) is 43.7 Å². The summed E-state index contributed by atoms with van der Waals surface area (Å²) in [4.78, 5) is 0. The minimum Gasteiger partial charge on any atom is -0.316 e. The lowest BCUT2D eigenvalue weighted by molar-refractivity contribution is 0.390. The minimum atomic E-state index is 0.133. The van der Waals surface area contributed by atoms with Crippen LogP contribution < -0.4 is 5.32 Å². The molecule has 0 fully saturated rings. The number of benzene rings is 1. The zero-order valence-electron chi connectivity index (χ0n) is 12.3. The van der Waals surface area contributed by atoms with Gasteiger partial charge in [-0.05, 0) is 44.4 Å². The van der Waals surface area contributed by atoms with Crippen molar-refractivity contribution in [2.75, 3.05) is 13.1 Å². The average molecular weight is 245 g/mol. The predicted molar refractivity (Wildman–Crippen MR) is 81.1 cm³/mol. The lowest BCUT2D eigenvalue weighted by atomic mass is 9.82. The molecule has 1 heteroatoms. The highest BCUT2D eigenvalue weighted by Gasteiger charge is 2.21. The Kier molecular flexibility index (Phi) is 5.61. The molecule has 1 nitrogen and oxygen atoms in total. The van der Waals surface area contributed by atoms with Gasteiger partial charge in [-0.3, -0.25) is 0 Å². The van der Waals surface area contributed by atoms with Gasteiger partial charge in [0, 0.05) is 12.0 Å². The number of hydrogen-bond donors (Lipinski definition) is 1. The second-order valence-corrected chi connectivity index (χ2v) is 5.64. The Hall–Kier alpha value is -1.08. The summed E-state index contributed by atoms with van der Waals surface area (Å²) >= 11 is 0. The molecule has 0 heterocycles. The molecule has 1 N–H and O–H groups in total. The van der Waals surface area contributed by atoms with E-state index in [9.17, 15) is 0 Å². The molecule has 0 aliphatic rings.